The summed E-state index contributed by atoms with van der Waals surface area (Å²) in [6.07, 6.45) is 1.49. The van der Waals surface area contributed by atoms with E-state index in [2.05, 4.69) is 11.3 Å². The number of hydrogen-bond donors (Lipinski definition) is 1. The van der Waals surface area contributed by atoms with Crippen LogP contribution < -0.4 is 4.72 Å². The molecule has 0 spiro atoms. The van der Waals surface area contributed by atoms with Gasteiger partial charge in [-0.05, 0) is 6.92 Å². The predicted octanol–water partition coefficient (Wildman–Crippen LogP) is 0.677. The largest absolute Gasteiger partial charge is 0.226 e. The second kappa shape index (κ2) is 3.95. The van der Waals surface area contributed by atoms with Crippen LogP contribution in [-0.2, 0) is 10.0 Å². The number of nitrogens with one attached hydrogen (secondary N) is 1. The molecule has 1 atom stereocenters. The molecule has 0 rings (SSSR count). The molecule has 0 bridgehead atoms. The van der Waals surface area contributed by atoms with Crippen molar-refractivity contribution in [2.45, 2.75) is 13.0 Å². The average Bonchev–Trinajstić information content (AvgIpc) is 1.87. The molecule has 5 heteroatoms. The normalized spacial score (nSPS) is 14.6. The van der Waals surface area contributed by atoms with Crippen molar-refractivity contribution in [3.8, 4) is 0 Å². The lowest BCUT2D eigenvalue weighted by molar-refractivity contribution is 0.581. The Hall–Kier alpha value is -0.0600. The van der Waals surface area contributed by atoms with Gasteiger partial charge in [0.25, 0.3) is 0 Å². The lowest BCUT2D eigenvalue weighted by atomic mass is 10.4. The fourth-order valence-electron chi connectivity index (χ4n) is 0.363. The lowest BCUT2D eigenvalue weighted by Gasteiger charge is -2.06. The Morgan fingerprint density at radius 2 is 2.30 bits per heavy atom. The topological polar surface area (TPSA) is 46.2 Å². The minimum atomic E-state index is -3.29. The summed E-state index contributed by atoms with van der Waals surface area (Å²) in [5, 5.41) is -0.412. The van der Waals surface area contributed by atoms with Crippen LogP contribution in [0.15, 0.2) is 12.7 Å². The van der Waals surface area contributed by atoms with E-state index < -0.39 is 15.2 Å². The smallest absolute Gasteiger partial charge is 0.211 e. The molecule has 0 amide bonds. The molecule has 0 fully saturated rings. The van der Waals surface area contributed by atoms with Crippen molar-refractivity contribution in [1.29, 1.82) is 0 Å². The van der Waals surface area contributed by atoms with Gasteiger partial charge in [-0.2, -0.15) is 0 Å². The van der Waals surface area contributed by atoms with Crippen molar-refractivity contribution < 1.29 is 8.42 Å². The van der Waals surface area contributed by atoms with Crippen molar-refractivity contribution in [3.63, 3.8) is 0 Å². The minimum absolute atomic E-state index is 0.260. The summed E-state index contributed by atoms with van der Waals surface area (Å²) in [4.78, 5) is 0. The molecule has 0 aromatic carbocycles. The van der Waals surface area contributed by atoms with Crippen LogP contribution in [0, 0.1) is 0 Å². The molecule has 60 valence electrons. The van der Waals surface area contributed by atoms with Crippen LogP contribution in [0.2, 0.25) is 0 Å². The van der Waals surface area contributed by atoms with Crippen molar-refractivity contribution in [1.82, 2.24) is 4.72 Å². The van der Waals surface area contributed by atoms with Crippen molar-refractivity contribution >= 4 is 21.6 Å². The summed E-state index contributed by atoms with van der Waals surface area (Å²) < 4.78 is 23.6. The first kappa shape index (κ1) is 9.94. The van der Waals surface area contributed by atoms with Gasteiger partial charge >= 0.3 is 0 Å². The Labute approximate surface area is 66.1 Å². The van der Waals surface area contributed by atoms with Crippen LogP contribution in [0.1, 0.15) is 6.92 Å². The third-order valence-corrected chi connectivity index (χ3v) is 2.74. The van der Waals surface area contributed by atoms with Crippen LogP contribution >= 0.6 is 11.6 Å². The van der Waals surface area contributed by atoms with Crippen LogP contribution in [0.3, 0.4) is 0 Å². The summed E-state index contributed by atoms with van der Waals surface area (Å²) in [7, 11) is -3.29. The molecule has 0 aromatic heterocycles. The second-order valence-electron chi connectivity index (χ2n) is 1.87. The van der Waals surface area contributed by atoms with E-state index in [0.29, 0.717) is 0 Å². The zero-order valence-electron chi connectivity index (χ0n) is 5.67. The predicted molar refractivity (Wildman–Crippen MR) is 42.4 cm³/mol. The van der Waals surface area contributed by atoms with E-state index >= 15 is 0 Å². The summed E-state index contributed by atoms with van der Waals surface area (Å²) in [6, 6.07) is -0.260. The van der Waals surface area contributed by atoms with Crippen molar-refractivity contribution in [2.24, 2.45) is 0 Å². The SMILES string of the molecule is C=CC(C)NS(=O)(=O)CCl. The van der Waals surface area contributed by atoms with Gasteiger partial charge in [-0.25, -0.2) is 13.1 Å². The molecule has 0 heterocycles. The summed E-state index contributed by atoms with van der Waals surface area (Å²) >= 11 is 5.11. The first-order valence-electron chi connectivity index (χ1n) is 2.70. The monoisotopic (exact) mass is 183 g/mol. The number of hydrogen-bond acceptors (Lipinski definition) is 2. The Kier molecular flexibility index (Phi) is 3.93. The average molecular weight is 184 g/mol. The van der Waals surface area contributed by atoms with Gasteiger partial charge in [-0.15, -0.1) is 18.2 Å². The van der Waals surface area contributed by atoms with E-state index in [1.54, 1.807) is 6.92 Å². The van der Waals surface area contributed by atoms with Crippen molar-refractivity contribution in [3.05, 3.63) is 12.7 Å². The fraction of sp³-hybridized carbons (Fsp3) is 0.600. The molecule has 0 aliphatic rings. The van der Waals surface area contributed by atoms with E-state index in [9.17, 15) is 8.42 Å². The van der Waals surface area contributed by atoms with Gasteiger partial charge in [-0.1, -0.05) is 6.08 Å². The van der Waals surface area contributed by atoms with Gasteiger partial charge in [0.05, 0.1) is 0 Å². The van der Waals surface area contributed by atoms with Gasteiger partial charge < -0.3 is 0 Å². The Morgan fingerprint density at radius 1 is 1.80 bits per heavy atom. The molecular weight excluding hydrogens is 174 g/mol. The summed E-state index contributed by atoms with van der Waals surface area (Å²) in [5.41, 5.74) is 0. The Morgan fingerprint density at radius 3 is 2.60 bits per heavy atom. The third kappa shape index (κ3) is 3.87. The minimum Gasteiger partial charge on any atom is -0.211 e. The molecule has 0 saturated heterocycles. The highest BCUT2D eigenvalue weighted by atomic mass is 35.5. The molecule has 0 saturated carbocycles. The Balaban J connectivity index is 4.02. The Bertz CT molecular complexity index is 200. The molecule has 3 nitrogen and oxygen atoms in total. The highest BCUT2D eigenvalue weighted by Crippen LogP contribution is 1.91. The molecule has 0 aromatic rings. The second-order valence-corrected chi connectivity index (χ2v) is 4.20. The molecule has 1 N–H and O–H groups in total. The zero-order chi connectivity index (χ0) is 8.20. The maximum Gasteiger partial charge on any atom is 0.226 e. The number of alkyl halides is 1. The van der Waals surface area contributed by atoms with Gasteiger partial charge in [-0.3, -0.25) is 0 Å². The van der Waals surface area contributed by atoms with Crippen LogP contribution in [-0.4, -0.2) is 19.7 Å². The van der Waals surface area contributed by atoms with Crippen LogP contribution in [0.25, 0.3) is 0 Å². The summed E-state index contributed by atoms with van der Waals surface area (Å²) in [5.74, 6) is 0. The standard InChI is InChI=1S/C5H10ClNO2S/c1-3-5(2)7-10(8,9)4-6/h3,5,7H,1,4H2,2H3. The van der Waals surface area contributed by atoms with Gasteiger partial charge in [0.1, 0.15) is 5.21 Å². The van der Waals surface area contributed by atoms with Gasteiger partial charge in [0, 0.05) is 6.04 Å². The fourth-order valence-corrected chi connectivity index (χ4v) is 1.28. The third-order valence-electron chi connectivity index (χ3n) is 0.863. The summed E-state index contributed by atoms with van der Waals surface area (Å²) in [6.45, 7) is 5.09. The lowest BCUT2D eigenvalue weighted by Crippen LogP contribution is -2.31. The highest BCUT2D eigenvalue weighted by molar-refractivity contribution is 7.90. The van der Waals surface area contributed by atoms with Gasteiger partial charge in [0.2, 0.25) is 10.0 Å². The van der Waals surface area contributed by atoms with Gasteiger partial charge in [0.15, 0.2) is 0 Å². The zero-order valence-corrected chi connectivity index (χ0v) is 7.24. The van der Waals surface area contributed by atoms with E-state index in [4.69, 9.17) is 11.6 Å². The van der Waals surface area contributed by atoms with E-state index in [-0.39, 0.29) is 6.04 Å². The molecule has 0 aliphatic heterocycles. The van der Waals surface area contributed by atoms with E-state index in [1.807, 2.05) is 0 Å². The number of halogens is 1. The first-order chi connectivity index (χ1) is 4.52. The van der Waals surface area contributed by atoms with Crippen molar-refractivity contribution in [2.75, 3.05) is 5.21 Å². The maximum absolute atomic E-state index is 10.7. The van der Waals surface area contributed by atoms with Crippen LogP contribution in [0.4, 0.5) is 0 Å². The molecule has 0 aliphatic carbocycles. The van der Waals surface area contributed by atoms with E-state index in [1.165, 1.54) is 6.08 Å². The maximum atomic E-state index is 10.7. The van der Waals surface area contributed by atoms with E-state index in [0.717, 1.165) is 0 Å². The molecule has 1 unspecified atom stereocenters. The number of sulfonamides is 1. The number of rotatable bonds is 4. The molecule has 10 heavy (non-hydrogen) atoms. The van der Waals surface area contributed by atoms with Crippen LogP contribution in [0.5, 0.6) is 0 Å². The highest BCUT2D eigenvalue weighted by Gasteiger charge is 2.09. The quantitative estimate of drug-likeness (QED) is 0.515. The first-order valence-corrected chi connectivity index (χ1v) is 4.89. The molecular formula is C5H10ClNO2S. The molecule has 0 radical (unpaired) electrons.